The number of carbonyl (C=O) groups excluding carboxylic acids is 2. The third-order valence-corrected chi connectivity index (χ3v) is 7.74. The van der Waals surface area contributed by atoms with Crippen LogP contribution in [0.25, 0.3) is 0 Å². The van der Waals surface area contributed by atoms with Crippen molar-refractivity contribution >= 4 is 43.5 Å². The molecule has 2 amide bonds. The van der Waals surface area contributed by atoms with Crippen molar-refractivity contribution in [3.63, 3.8) is 0 Å². The lowest BCUT2D eigenvalue weighted by Gasteiger charge is -2.35. The fourth-order valence-electron chi connectivity index (χ4n) is 4.16. The number of nitrogens with zero attached hydrogens (tertiary/aromatic N) is 2. The second kappa shape index (κ2) is 13.3. The first kappa shape index (κ1) is 31.2. The molecule has 10 heteroatoms. The number of nitrogens with one attached hydrogen (secondary N) is 1. The standard InChI is InChI=1S/C30H36BrN3O5S/c1-30(2,3)32-29(36)27(19-22-9-7-6-8-10-22)33(20-23-11-13-24(31)14-12-23)28(35)21-34(40(5,37)38)25-15-17-26(39-4)18-16-25/h6-18,27H,19-21H2,1-5H3,(H,32,36). The average molecular weight is 631 g/mol. The Morgan fingerprint density at radius 2 is 1.52 bits per heavy atom. The summed E-state index contributed by atoms with van der Waals surface area (Å²) in [6, 6.07) is 22.4. The number of sulfonamides is 1. The Bertz CT molecular complexity index is 1390. The maximum atomic E-state index is 14.1. The Hall–Kier alpha value is -3.37. The van der Waals surface area contributed by atoms with Gasteiger partial charge in [-0.2, -0.15) is 0 Å². The van der Waals surface area contributed by atoms with Crippen molar-refractivity contribution in [3.05, 3.63) is 94.5 Å². The lowest BCUT2D eigenvalue weighted by molar-refractivity contribution is -0.140. The van der Waals surface area contributed by atoms with Gasteiger partial charge in [0.1, 0.15) is 18.3 Å². The lowest BCUT2D eigenvalue weighted by Crippen LogP contribution is -2.56. The molecule has 1 unspecified atom stereocenters. The predicted molar refractivity (Wildman–Crippen MR) is 162 cm³/mol. The molecule has 0 radical (unpaired) electrons. The number of benzene rings is 3. The van der Waals surface area contributed by atoms with E-state index in [-0.39, 0.29) is 18.9 Å². The van der Waals surface area contributed by atoms with Crippen molar-refractivity contribution in [2.45, 2.75) is 45.3 Å². The van der Waals surface area contributed by atoms with Crippen molar-refractivity contribution < 1.29 is 22.7 Å². The number of halogens is 1. The minimum absolute atomic E-state index is 0.112. The summed E-state index contributed by atoms with van der Waals surface area (Å²) in [6.45, 7) is 5.26. The molecule has 40 heavy (non-hydrogen) atoms. The van der Waals surface area contributed by atoms with Gasteiger partial charge in [-0.25, -0.2) is 8.42 Å². The molecule has 0 saturated heterocycles. The molecule has 0 heterocycles. The summed E-state index contributed by atoms with van der Waals surface area (Å²) in [6.07, 6.45) is 1.31. The quantitative estimate of drug-likeness (QED) is 0.329. The molecule has 0 bridgehead atoms. The lowest BCUT2D eigenvalue weighted by atomic mass is 10.0. The monoisotopic (exact) mass is 629 g/mol. The van der Waals surface area contributed by atoms with Crippen LogP contribution in [0.1, 0.15) is 31.9 Å². The average Bonchev–Trinajstić information content (AvgIpc) is 2.89. The highest BCUT2D eigenvalue weighted by atomic mass is 79.9. The zero-order valence-corrected chi connectivity index (χ0v) is 25.8. The summed E-state index contributed by atoms with van der Waals surface area (Å²) in [5, 5.41) is 3.01. The fraction of sp³-hybridized carbons (Fsp3) is 0.333. The topological polar surface area (TPSA) is 96.0 Å². The molecule has 1 N–H and O–H groups in total. The second-order valence-corrected chi connectivity index (χ2v) is 13.4. The summed E-state index contributed by atoms with van der Waals surface area (Å²) in [7, 11) is -2.32. The molecule has 0 aliphatic rings. The van der Waals surface area contributed by atoms with Crippen molar-refractivity contribution in [1.82, 2.24) is 10.2 Å². The first-order chi connectivity index (χ1) is 18.8. The highest BCUT2D eigenvalue weighted by Gasteiger charge is 2.34. The molecule has 0 spiro atoms. The van der Waals surface area contributed by atoms with E-state index in [2.05, 4.69) is 21.2 Å². The highest BCUT2D eigenvalue weighted by Crippen LogP contribution is 2.23. The third-order valence-electron chi connectivity index (χ3n) is 6.08. The van der Waals surface area contributed by atoms with E-state index < -0.39 is 34.1 Å². The number of methoxy groups -OCH3 is 1. The van der Waals surface area contributed by atoms with Gasteiger partial charge in [0.15, 0.2) is 0 Å². The Morgan fingerprint density at radius 1 is 0.925 bits per heavy atom. The van der Waals surface area contributed by atoms with Crippen LogP contribution >= 0.6 is 15.9 Å². The molecule has 3 rings (SSSR count). The Labute approximate surface area is 245 Å². The molecule has 1 atom stereocenters. The van der Waals surface area contributed by atoms with Gasteiger partial charge in [-0.05, 0) is 68.3 Å². The normalized spacial score (nSPS) is 12.3. The van der Waals surface area contributed by atoms with E-state index in [1.807, 2.05) is 75.4 Å². The van der Waals surface area contributed by atoms with Crippen molar-refractivity contribution in [1.29, 1.82) is 0 Å². The summed E-state index contributed by atoms with van der Waals surface area (Å²) in [4.78, 5) is 29.3. The SMILES string of the molecule is COc1ccc(N(CC(=O)N(Cc2ccc(Br)cc2)C(Cc2ccccc2)C(=O)NC(C)(C)C)S(C)(=O)=O)cc1. The van der Waals surface area contributed by atoms with Crippen molar-refractivity contribution in [3.8, 4) is 5.75 Å². The Morgan fingerprint density at radius 3 is 2.05 bits per heavy atom. The van der Waals surface area contributed by atoms with Gasteiger partial charge < -0.3 is 15.0 Å². The largest absolute Gasteiger partial charge is 0.497 e. The van der Waals surface area contributed by atoms with E-state index in [4.69, 9.17) is 4.74 Å². The van der Waals surface area contributed by atoms with Crippen LogP contribution in [0, 0.1) is 0 Å². The number of rotatable bonds is 11. The highest BCUT2D eigenvalue weighted by molar-refractivity contribution is 9.10. The molecule has 214 valence electrons. The molecule has 0 saturated carbocycles. The first-order valence-electron chi connectivity index (χ1n) is 12.8. The number of hydrogen-bond acceptors (Lipinski definition) is 5. The molecular weight excluding hydrogens is 594 g/mol. The van der Waals surface area contributed by atoms with Crippen LogP contribution in [-0.2, 0) is 32.6 Å². The van der Waals surface area contributed by atoms with E-state index in [1.165, 1.54) is 12.0 Å². The Kier molecular flexibility index (Phi) is 10.4. The van der Waals surface area contributed by atoms with E-state index in [1.54, 1.807) is 24.3 Å². The maximum Gasteiger partial charge on any atom is 0.244 e. The van der Waals surface area contributed by atoms with E-state index >= 15 is 0 Å². The van der Waals surface area contributed by atoms with Gasteiger partial charge in [0.05, 0.1) is 19.1 Å². The van der Waals surface area contributed by atoms with E-state index in [0.29, 0.717) is 11.4 Å². The molecule has 0 aliphatic heterocycles. The van der Waals surface area contributed by atoms with Crippen LogP contribution in [0.15, 0.2) is 83.3 Å². The molecular formula is C30H36BrN3O5S. The van der Waals surface area contributed by atoms with Crippen LogP contribution in [0.5, 0.6) is 5.75 Å². The number of ether oxygens (including phenoxy) is 1. The summed E-state index contributed by atoms with van der Waals surface area (Å²) >= 11 is 3.43. The number of carbonyl (C=O) groups is 2. The predicted octanol–water partition coefficient (Wildman–Crippen LogP) is 4.78. The molecule has 0 aliphatic carbocycles. The van der Waals surface area contributed by atoms with Crippen LogP contribution in [0.3, 0.4) is 0 Å². The van der Waals surface area contributed by atoms with Crippen molar-refractivity contribution in [2.75, 3.05) is 24.2 Å². The molecule has 0 fully saturated rings. The van der Waals surface area contributed by atoms with Gasteiger partial charge in [0.25, 0.3) is 0 Å². The van der Waals surface area contributed by atoms with Crippen molar-refractivity contribution in [2.24, 2.45) is 0 Å². The van der Waals surface area contributed by atoms with Crippen LogP contribution in [0.2, 0.25) is 0 Å². The second-order valence-electron chi connectivity index (χ2n) is 10.6. The smallest absolute Gasteiger partial charge is 0.244 e. The number of amides is 2. The summed E-state index contributed by atoms with van der Waals surface area (Å²) < 4.78 is 32.8. The van der Waals surface area contributed by atoms with Gasteiger partial charge >= 0.3 is 0 Å². The zero-order chi connectivity index (χ0) is 29.5. The molecule has 8 nitrogen and oxygen atoms in total. The summed E-state index contributed by atoms with van der Waals surface area (Å²) in [5.74, 6) is -0.270. The molecule has 0 aromatic heterocycles. The molecule has 3 aromatic rings. The minimum Gasteiger partial charge on any atom is -0.497 e. The Balaban J connectivity index is 2.05. The third kappa shape index (κ3) is 9.09. The molecule has 3 aromatic carbocycles. The van der Waals surface area contributed by atoms with E-state index in [9.17, 15) is 18.0 Å². The van der Waals surface area contributed by atoms with Gasteiger partial charge in [-0.15, -0.1) is 0 Å². The van der Waals surface area contributed by atoms with Gasteiger partial charge in [-0.1, -0.05) is 58.4 Å². The first-order valence-corrected chi connectivity index (χ1v) is 15.4. The number of anilines is 1. The van der Waals surface area contributed by atoms with Gasteiger partial charge in [0, 0.05) is 23.0 Å². The van der Waals surface area contributed by atoms with Crippen LogP contribution in [0.4, 0.5) is 5.69 Å². The van der Waals surface area contributed by atoms with Crippen LogP contribution < -0.4 is 14.4 Å². The van der Waals surface area contributed by atoms with E-state index in [0.717, 1.165) is 26.2 Å². The zero-order valence-electron chi connectivity index (χ0n) is 23.4. The number of hydrogen-bond donors (Lipinski definition) is 1. The van der Waals surface area contributed by atoms with Gasteiger partial charge in [0.2, 0.25) is 21.8 Å². The summed E-state index contributed by atoms with van der Waals surface area (Å²) in [5.41, 5.74) is 1.45. The van der Waals surface area contributed by atoms with Crippen LogP contribution in [-0.4, -0.2) is 56.6 Å². The maximum absolute atomic E-state index is 14.1. The van der Waals surface area contributed by atoms with Gasteiger partial charge in [-0.3, -0.25) is 13.9 Å². The minimum atomic E-state index is -3.84. The fourth-order valence-corrected chi connectivity index (χ4v) is 5.27.